The monoisotopic (exact) mass is 454 g/mol. The van der Waals surface area contributed by atoms with Crippen molar-refractivity contribution in [3.8, 4) is 0 Å². The Balaban J connectivity index is 3.19. The number of hydrogen-bond acceptors (Lipinski definition) is 1. The van der Waals surface area contributed by atoms with Crippen LogP contribution >= 0.6 is 0 Å². The standard InChI is InChI=1S/C11H15O.3C4H9.Sn/c1-3-12-9-10(2)11-7-5-4-6-8-11;3*1-3-4-2;/h4-10H,3H2,1-2H3;3*1,3-4H2,2H3;. The molecule has 0 saturated carbocycles. The van der Waals surface area contributed by atoms with E-state index in [2.05, 4.69) is 65.0 Å². The first-order chi connectivity index (χ1) is 12.1. The van der Waals surface area contributed by atoms with Crippen LogP contribution < -0.4 is 0 Å². The van der Waals surface area contributed by atoms with Gasteiger partial charge in [0, 0.05) is 0 Å². The fourth-order valence-electron chi connectivity index (χ4n) is 4.35. The van der Waals surface area contributed by atoms with Gasteiger partial charge in [0.15, 0.2) is 0 Å². The predicted molar refractivity (Wildman–Crippen MR) is 115 cm³/mol. The molecule has 1 aromatic rings. The first kappa shape index (κ1) is 23.0. The fourth-order valence-corrected chi connectivity index (χ4v) is 23.0. The van der Waals surface area contributed by atoms with E-state index in [-0.39, 0.29) is 0 Å². The van der Waals surface area contributed by atoms with Crippen molar-refractivity contribution in [2.45, 2.75) is 96.5 Å². The molecule has 2 atom stereocenters. The fraction of sp³-hybridized carbons (Fsp3) is 0.739. The van der Waals surface area contributed by atoms with Crippen molar-refractivity contribution < 1.29 is 4.74 Å². The van der Waals surface area contributed by atoms with E-state index in [0.29, 0.717) is 10.0 Å². The molecule has 1 aromatic carbocycles. The molecule has 0 spiro atoms. The van der Waals surface area contributed by atoms with Crippen LogP contribution in [0.2, 0.25) is 13.3 Å². The summed E-state index contributed by atoms with van der Waals surface area (Å²) in [6.07, 6.45) is 8.22. The van der Waals surface area contributed by atoms with E-state index in [1.54, 1.807) is 0 Å². The molecular formula is C23H42OSn. The normalized spacial score (nSPS) is 14.4. The minimum atomic E-state index is -2.40. The zero-order valence-electron chi connectivity index (χ0n) is 17.5. The van der Waals surface area contributed by atoms with E-state index in [1.807, 2.05) is 0 Å². The van der Waals surface area contributed by atoms with Crippen molar-refractivity contribution in [3.05, 3.63) is 35.9 Å². The molecule has 144 valence electrons. The number of ether oxygens (including phenoxy) is 1. The second kappa shape index (κ2) is 13.2. The van der Waals surface area contributed by atoms with Gasteiger partial charge in [-0.15, -0.1) is 0 Å². The molecule has 25 heavy (non-hydrogen) atoms. The summed E-state index contributed by atoms with van der Waals surface area (Å²) >= 11 is -2.40. The third kappa shape index (κ3) is 7.25. The van der Waals surface area contributed by atoms with Crippen molar-refractivity contribution in [3.63, 3.8) is 0 Å². The molecule has 0 aliphatic carbocycles. The van der Waals surface area contributed by atoms with Crippen LogP contribution in [-0.2, 0) is 4.74 Å². The summed E-state index contributed by atoms with van der Waals surface area (Å²) < 4.78 is 11.7. The summed E-state index contributed by atoms with van der Waals surface area (Å²) in [4.78, 5) is 0. The molecule has 0 bridgehead atoms. The van der Waals surface area contributed by atoms with Gasteiger partial charge in [-0.2, -0.15) is 0 Å². The molecule has 1 rings (SSSR count). The Morgan fingerprint density at radius 3 is 1.68 bits per heavy atom. The predicted octanol–water partition coefficient (Wildman–Crippen LogP) is 7.58. The van der Waals surface area contributed by atoms with Gasteiger partial charge in [-0.3, -0.25) is 0 Å². The molecule has 0 fully saturated rings. The molecule has 0 aliphatic rings. The summed E-state index contributed by atoms with van der Waals surface area (Å²) in [6, 6.07) is 11.1. The van der Waals surface area contributed by atoms with Gasteiger partial charge in [0.1, 0.15) is 0 Å². The number of rotatable bonds is 14. The summed E-state index contributed by atoms with van der Waals surface area (Å²) in [5.41, 5.74) is 1.48. The summed E-state index contributed by atoms with van der Waals surface area (Å²) in [5.74, 6) is 0.544. The number of benzene rings is 1. The zero-order chi connectivity index (χ0) is 18.5. The average Bonchev–Trinajstić information content (AvgIpc) is 2.66. The van der Waals surface area contributed by atoms with Gasteiger partial charge in [0.2, 0.25) is 0 Å². The molecule has 0 aromatic heterocycles. The Morgan fingerprint density at radius 1 is 0.800 bits per heavy atom. The number of hydrogen-bond donors (Lipinski definition) is 0. The van der Waals surface area contributed by atoms with Gasteiger partial charge < -0.3 is 0 Å². The van der Waals surface area contributed by atoms with E-state index in [4.69, 9.17) is 4.74 Å². The Kier molecular flexibility index (Phi) is 12.1. The van der Waals surface area contributed by atoms with Crippen molar-refractivity contribution >= 4 is 18.4 Å². The van der Waals surface area contributed by atoms with E-state index in [1.165, 1.54) is 57.4 Å². The Morgan fingerprint density at radius 2 is 1.28 bits per heavy atom. The molecule has 2 unspecified atom stereocenters. The topological polar surface area (TPSA) is 9.23 Å². The Hall–Kier alpha value is -0.0213. The van der Waals surface area contributed by atoms with Gasteiger partial charge in [-0.25, -0.2) is 0 Å². The van der Waals surface area contributed by atoms with Crippen LogP contribution in [-0.4, -0.2) is 29.1 Å². The maximum absolute atomic E-state index is 6.61. The molecule has 2 heteroatoms. The molecule has 0 N–H and O–H groups in total. The van der Waals surface area contributed by atoms with Crippen molar-refractivity contribution in [2.24, 2.45) is 0 Å². The van der Waals surface area contributed by atoms with Gasteiger partial charge in [0.25, 0.3) is 0 Å². The van der Waals surface area contributed by atoms with Crippen LogP contribution in [0.3, 0.4) is 0 Å². The van der Waals surface area contributed by atoms with E-state index >= 15 is 0 Å². The van der Waals surface area contributed by atoms with Gasteiger partial charge in [0.05, 0.1) is 0 Å². The quantitative estimate of drug-likeness (QED) is 0.264. The van der Waals surface area contributed by atoms with E-state index in [9.17, 15) is 0 Å². The molecule has 0 heterocycles. The van der Waals surface area contributed by atoms with Crippen molar-refractivity contribution in [1.82, 2.24) is 0 Å². The van der Waals surface area contributed by atoms with Gasteiger partial charge in [-0.1, -0.05) is 0 Å². The second-order valence-electron chi connectivity index (χ2n) is 7.75. The molecule has 0 aliphatic heterocycles. The molecule has 1 nitrogen and oxygen atoms in total. The van der Waals surface area contributed by atoms with E-state index < -0.39 is 18.4 Å². The Bertz CT molecular complexity index is 409. The summed E-state index contributed by atoms with van der Waals surface area (Å²) in [6.45, 7) is 12.6. The van der Waals surface area contributed by atoms with Crippen molar-refractivity contribution in [1.29, 1.82) is 0 Å². The third-order valence-electron chi connectivity index (χ3n) is 5.81. The summed E-state index contributed by atoms with van der Waals surface area (Å²) in [7, 11) is 0. The van der Waals surface area contributed by atoms with Crippen molar-refractivity contribution in [2.75, 3.05) is 6.61 Å². The van der Waals surface area contributed by atoms with Crippen LogP contribution in [0, 0.1) is 0 Å². The molecule has 0 saturated heterocycles. The SMILES string of the molecule is CCC[CH2][Sn]([CH2]CCC)([CH2]CCC)[CH](OCC)C(C)c1ccccc1. The first-order valence-electron chi connectivity index (χ1n) is 10.8. The number of unbranched alkanes of at least 4 members (excludes halogenated alkanes) is 3. The zero-order valence-corrected chi connectivity index (χ0v) is 20.4. The van der Waals surface area contributed by atoms with Crippen LogP contribution in [0.4, 0.5) is 0 Å². The second-order valence-corrected chi connectivity index (χ2v) is 21.4. The van der Waals surface area contributed by atoms with Crippen LogP contribution in [0.5, 0.6) is 0 Å². The average molecular weight is 453 g/mol. The minimum absolute atomic E-state index is 0.534. The third-order valence-corrected chi connectivity index (χ3v) is 22.7. The van der Waals surface area contributed by atoms with Crippen LogP contribution in [0.25, 0.3) is 0 Å². The van der Waals surface area contributed by atoms with Gasteiger partial charge >= 0.3 is 162 Å². The Labute approximate surface area is 161 Å². The molecular weight excluding hydrogens is 411 g/mol. The van der Waals surface area contributed by atoms with E-state index in [0.717, 1.165) is 6.61 Å². The van der Waals surface area contributed by atoms with Gasteiger partial charge in [-0.05, 0) is 0 Å². The molecule has 0 radical (unpaired) electrons. The van der Waals surface area contributed by atoms with Crippen LogP contribution in [0.15, 0.2) is 30.3 Å². The maximum atomic E-state index is 6.61. The van der Waals surface area contributed by atoms with Crippen LogP contribution in [0.1, 0.15) is 84.6 Å². The molecule has 0 amide bonds. The summed E-state index contributed by atoms with van der Waals surface area (Å²) in [5, 5.41) is 0. The first-order valence-corrected chi connectivity index (χ1v) is 18.5.